The molecule has 1 aromatic carbocycles. The quantitative estimate of drug-likeness (QED) is 0.752. The van der Waals surface area contributed by atoms with Gasteiger partial charge in [0, 0.05) is 23.4 Å². The van der Waals surface area contributed by atoms with Gasteiger partial charge >= 0.3 is 15.3 Å². The lowest BCUT2D eigenvalue weighted by Gasteiger charge is -2.13. The molecule has 1 amide bonds. The standard InChI is InChI=1S/C13H13BrN4O3S/c1-15-13(19)22(20,21)18-12-8-16-6-5-11(12)17-10-4-2-3-9(14)7-10/h2-8,18H,1H3,(H,15,19)(H,16,17). The first kappa shape index (κ1) is 16.2. The number of rotatable bonds is 4. The van der Waals surface area contributed by atoms with Crippen LogP contribution in [0.3, 0.4) is 0 Å². The number of hydrogen-bond acceptors (Lipinski definition) is 5. The molecule has 1 aromatic heterocycles. The third-order valence-electron chi connectivity index (χ3n) is 2.62. The van der Waals surface area contributed by atoms with E-state index in [4.69, 9.17) is 0 Å². The van der Waals surface area contributed by atoms with Crippen molar-refractivity contribution in [1.29, 1.82) is 0 Å². The van der Waals surface area contributed by atoms with Crippen molar-refractivity contribution >= 4 is 48.3 Å². The lowest BCUT2D eigenvalue weighted by molar-refractivity contribution is 0.260. The Balaban J connectivity index is 2.29. The number of hydrogen-bond donors (Lipinski definition) is 3. The van der Waals surface area contributed by atoms with Crippen molar-refractivity contribution in [3.63, 3.8) is 0 Å². The highest BCUT2D eigenvalue weighted by atomic mass is 79.9. The summed E-state index contributed by atoms with van der Waals surface area (Å²) >= 11 is 3.35. The third kappa shape index (κ3) is 3.95. The van der Waals surface area contributed by atoms with E-state index in [-0.39, 0.29) is 5.69 Å². The summed E-state index contributed by atoms with van der Waals surface area (Å²) in [4.78, 5) is 15.2. The van der Waals surface area contributed by atoms with Gasteiger partial charge in [-0.2, -0.15) is 8.42 Å². The highest BCUT2D eigenvalue weighted by Gasteiger charge is 2.21. The molecule has 0 radical (unpaired) electrons. The highest BCUT2D eigenvalue weighted by Crippen LogP contribution is 2.26. The van der Waals surface area contributed by atoms with E-state index in [9.17, 15) is 13.2 Å². The Labute approximate surface area is 136 Å². The van der Waals surface area contributed by atoms with Crippen molar-refractivity contribution in [3.8, 4) is 0 Å². The fraction of sp³-hybridized carbons (Fsp3) is 0.0769. The van der Waals surface area contributed by atoms with Gasteiger partial charge in [0.05, 0.1) is 17.6 Å². The molecule has 0 aliphatic rings. The highest BCUT2D eigenvalue weighted by molar-refractivity contribution is 9.10. The Morgan fingerprint density at radius 3 is 2.68 bits per heavy atom. The number of sulfonamides is 1. The summed E-state index contributed by atoms with van der Waals surface area (Å²) in [6.07, 6.45) is 2.83. The normalized spacial score (nSPS) is 10.8. The minimum Gasteiger partial charge on any atom is -0.354 e. The molecule has 22 heavy (non-hydrogen) atoms. The average molecular weight is 385 g/mol. The zero-order chi connectivity index (χ0) is 16.2. The summed E-state index contributed by atoms with van der Waals surface area (Å²) in [6.45, 7) is 0. The molecule has 0 bridgehead atoms. The van der Waals surface area contributed by atoms with Crippen LogP contribution in [0.5, 0.6) is 0 Å². The SMILES string of the molecule is CNC(=O)S(=O)(=O)Nc1cnccc1Nc1cccc(Br)c1. The van der Waals surface area contributed by atoms with E-state index in [1.807, 2.05) is 24.3 Å². The lowest BCUT2D eigenvalue weighted by Crippen LogP contribution is -2.31. The van der Waals surface area contributed by atoms with Crippen molar-refractivity contribution in [2.45, 2.75) is 0 Å². The Morgan fingerprint density at radius 1 is 1.23 bits per heavy atom. The molecule has 0 saturated heterocycles. The summed E-state index contributed by atoms with van der Waals surface area (Å²) in [5.41, 5.74) is 1.40. The number of amides is 1. The van der Waals surface area contributed by atoms with Crippen LogP contribution in [0.15, 0.2) is 47.2 Å². The van der Waals surface area contributed by atoms with Gasteiger partial charge in [0.25, 0.3) is 0 Å². The second-order valence-corrected chi connectivity index (χ2v) is 6.70. The summed E-state index contributed by atoms with van der Waals surface area (Å²) < 4.78 is 26.7. The molecule has 0 aliphatic heterocycles. The van der Waals surface area contributed by atoms with Crippen molar-refractivity contribution in [2.75, 3.05) is 17.1 Å². The van der Waals surface area contributed by atoms with Crippen LogP contribution < -0.4 is 15.4 Å². The second kappa shape index (κ2) is 6.75. The van der Waals surface area contributed by atoms with Gasteiger partial charge < -0.3 is 10.6 Å². The Kier molecular flexibility index (Phi) is 4.99. The average Bonchev–Trinajstić information content (AvgIpc) is 2.48. The van der Waals surface area contributed by atoms with E-state index in [0.29, 0.717) is 5.69 Å². The van der Waals surface area contributed by atoms with Crippen LogP contribution in [0.25, 0.3) is 0 Å². The van der Waals surface area contributed by atoms with Gasteiger partial charge in [0.2, 0.25) is 0 Å². The number of carbonyl (C=O) groups is 1. The molecule has 1 heterocycles. The first-order chi connectivity index (χ1) is 10.4. The Hall–Kier alpha value is -2.13. The lowest BCUT2D eigenvalue weighted by atomic mass is 10.3. The van der Waals surface area contributed by atoms with Gasteiger partial charge in [0.15, 0.2) is 0 Å². The maximum atomic E-state index is 11.8. The van der Waals surface area contributed by atoms with Crippen LogP contribution in [0.2, 0.25) is 0 Å². The van der Waals surface area contributed by atoms with Crippen LogP contribution in [0.1, 0.15) is 0 Å². The minimum absolute atomic E-state index is 0.172. The van der Waals surface area contributed by atoms with E-state index in [1.54, 1.807) is 6.07 Å². The van der Waals surface area contributed by atoms with Crippen LogP contribution in [0.4, 0.5) is 21.9 Å². The molecule has 0 unspecified atom stereocenters. The molecule has 0 saturated carbocycles. The van der Waals surface area contributed by atoms with E-state index < -0.39 is 15.3 Å². The molecular weight excluding hydrogens is 372 g/mol. The maximum Gasteiger partial charge on any atom is 0.356 e. The third-order valence-corrected chi connectivity index (χ3v) is 4.29. The van der Waals surface area contributed by atoms with Gasteiger partial charge in [-0.3, -0.25) is 14.5 Å². The second-order valence-electron chi connectivity index (χ2n) is 4.20. The number of nitrogens with one attached hydrogen (secondary N) is 3. The molecule has 2 rings (SSSR count). The zero-order valence-corrected chi connectivity index (χ0v) is 13.9. The largest absolute Gasteiger partial charge is 0.356 e. The number of anilines is 3. The predicted molar refractivity (Wildman–Crippen MR) is 88.7 cm³/mol. The van der Waals surface area contributed by atoms with Crippen molar-refractivity contribution in [3.05, 3.63) is 47.2 Å². The molecule has 0 atom stereocenters. The fourth-order valence-corrected chi connectivity index (χ4v) is 2.84. The zero-order valence-electron chi connectivity index (χ0n) is 11.5. The first-order valence-electron chi connectivity index (χ1n) is 6.13. The topological polar surface area (TPSA) is 100 Å². The monoisotopic (exact) mass is 384 g/mol. The molecule has 0 spiro atoms. The van der Waals surface area contributed by atoms with Crippen molar-refractivity contribution < 1.29 is 13.2 Å². The minimum atomic E-state index is -4.18. The molecule has 9 heteroatoms. The van der Waals surface area contributed by atoms with Gasteiger partial charge in [-0.1, -0.05) is 22.0 Å². The molecule has 0 fully saturated rings. The van der Waals surface area contributed by atoms with E-state index in [0.717, 1.165) is 10.2 Å². The van der Waals surface area contributed by atoms with E-state index in [1.165, 1.54) is 19.4 Å². The van der Waals surface area contributed by atoms with Gasteiger partial charge in [0.1, 0.15) is 0 Å². The predicted octanol–water partition coefficient (Wildman–Crippen LogP) is 2.67. The van der Waals surface area contributed by atoms with Crippen LogP contribution in [0, 0.1) is 0 Å². The summed E-state index contributed by atoms with van der Waals surface area (Å²) in [5.74, 6) is 0. The van der Waals surface area contributed by atoms with Crippen LogP contribution in [-0.2, 0) is 10.0 Å². The fourth-order valence-electron chi connectivity index (χ4n) is 1.63. The molecular formula is C13H13BrN4O3S. The molecule has 2 aromatic rings. The Morgan fingerprint density at radius 2 is 2.00 bits per heavy atom. The molecule has 0 aliphatic carbocycles. The number of carbonyl (C=O) groups excluding carboxylic acids is 1. The first-order valence-corrected chi connectivity index (χ1v) is 8.41. The maximum absolute atomic E-state index is 11.8. The molecule has 3 N–H and O–H groups in total. The summed E-state index contributed by atoms with van der Waals surface area (Å²) in [5, 5.41) is 4.01. The number of aromatic nitrogens is 1. The van der Waals surface area contributed by atoms with Crippen LogP contribution in [-0.4, -0.2) is 25.7 Å². The number of halogens is 1. The van der Waals surface area contributed by atoms with Crippen molar-refractivity contribution in [1.82, 2.24) is 10.3 Å². The van der Waals surface area contributed by atoms with Gasteiger partial charge in [-0.05, 0) is 24.3 Å². The number of pyridine rings is 1. The van der Waals surface area contributed by atoms with E-state index in [2.05, 4.69) is 36.3 Å². The number of nitrogens with zero attached hydrogens (tertiary/aromatic N) is 1. The molecule has 116 valence electrons. The smallest absolute Gasteiger partial charge is 0.354 e. The molecule has 7 nitrogen and oxygen atoms in total. The Bertz CT molecular complexity index is 795. The van der Waals surface area contributed by atoms with Gasteiger partial charge in [-0.15, -0.1) is 0 Å². The van der Waals surface area contributed by atoms with Gasteiger partial charge in [-0.25, -0.2) is 0 Å². The summed E-state index contributed by atoms with van der Waals surface area (Å²) in [7, 11) is -2.93. The summed E-state index contributed by atoms with van der Waals surface area (Å²) in [6, 6.07) is 8.96. The van der Waals surface area contributed by atoms with Crippen LogP contribution >= 0.6 is 15.9 Å². The van der Waals surface area contributed by atoms with Crippen molar-refractivity contribution in [2.24, 2.45) is 0 Å². The van der Waals surface area contributed by atoms with E-state index >= 15 is 0 Å². The number of benzene rings is 1.